The van der Waals surface area contributed by atoms with Gasteiger partial charge in [-0.05, 0) is 49.6 Å². The fraction of sp³-hybridized carbons (Fsp3) is 0.286. The normalized spacial score (nSPS) is 10.4. The van der Waals surface area contributed by atoms with Crippen molar-refractivity contribution in [1.82, 2.24) is 9.97 Å². The third kappa shape index (κ3) is 2.27. The van der Waals surface area contributed by atoms with Crippen molar-refractivity contribution in [2.45, 2.75) is 20.8 Å². The molecule has 0 atom stereocenters. The second kappa shape index (κ2) is 5.04. The monoisotopic (exact) mass is 244 g/mol. The highest BCUT2D eigenvalue weighted by Gasteiger charge is 2.09. The quantitative estimate of drug-likeness (QED) is 0.902. The summed E-state index contributed by atoms with van der Waals surface area (Å²) in [6.45, 7) is 6.55. The Bertz CT molecular complexity index is 594. The largest absolute Gasteiger partial charge is 0.493 e. The molecule has 0 aliphatic carbocycles. The number of nitrogens with zero attached hydrogens (tertiary/aromatic N) is 1. The first-order valence-electron chi connectivity index (χ1n) is 5.90. The number of aryl methyl sites for hydroxylation is 2. The summed E-state index contributed by atoms with van der Waals surface area (Å²) in [6.07, 6.45) is 2.97. The number of nitrogens with one attached hydrogen (secondary N) is 1. The first-order chi connectivity index (χ1) is 8.63. The standard InChI is InChI=1S/C14H16N2O2/c1-4-18-13-9(2)5-11(6-10(13)3)12-7-15-8-16-14(12)17/h5-8H,4H2,1-3H3,(H,15,16,17). The summed E-state index contributed by atoms with van der Waals surface area (Å²) in [5.74, 6) is 0.890. The van der Waals surface area contributed by atoms with Gasteiger partial charge in [0.05, 0.1) is 18.5 Å². The van der Waals surface area contributed by atoms with Gasteiger partial charge < -0.3 is 9.72 Å². The Hall–Kier alpha value is -2.10. The lowest BCUT2D eigenvalue weighted by Gasteiger charge is -2.12. The van der Waals surface area contributed by atoms with E-state index in [9.17, 15) is 4.79 Å². The van der Waals surface area contributed by atoms with E-state index in [-0.39, 0.29) is 5.56 Å². The van der Waals surface area contributed by atoms with Crippen LogP contribution < -0.4 is 10.3 Å². The SMILES string of the molecule is CCOc1c(C)cc(-c2cnc[nH]c2=O)cc1C. The Morgan fingerprint density at radius 3 is 2.50 bits per heavy atom. The van der Waals surface area contributed by atoms with Gasteiger partial charge in [-0.1, -0.05) is 0 Å². The molecule has 1 N–H and O–H groups in total. The summed E-state index contributed by atoms with van der Waals surface area (Å²) >= 11 is 0. The lowest BCUT2D eigenvalue weighted by molar-refractivity contribution is 0.335. The summed E-state index contributed by atoms with van der Waals surface area (Å²) in [7, 11) is 0. The van der Waals surface area contributed by atoms with Crippen molar-refractivity contribution in [3.8, 4) is 16.9 Å². The van der Waals surface area contributed by atoms with Crippen molar-refractivity contribution in [1.29, 1.82) is 0 Å². The van der Waals surface area contributed by atoms with E-state index in [1.807, 2.05) is 32.9 Å². The van der Waals surface area contributed by atoms with Crippen molar-refractivity contribution in [2.24, 2.45) is 0 Å². The molecule has 4 nitrogen and oxygen atoms in total. The van der Waals surface area contributed by atoms with Crippen molar-refractivity contribution < 1.29 is 4.74 Å². The zero-order valence-electron chi connectivity index (χ0n) is 10.8. The van der Waals surface area contributed by atoms with E-state index in [2.05, 4.69) is 9.97 Å². The second-order valence-electron chi connectivity index (χ2n) is 4.17. The van der Waals surface area contributed by atoms with E-state index in [0.29, 0.717) is 12.2 Å². The lowest BCUT2D eigenvalue weighted by atomic mass is 10.0. The maximum absolute atomic E-state index is 11.7. The summed E-state index contributed by atoms with van der Waals surface area (Å²) in [6, 6.07) is 3.90. The summed E-state index contributed by atoms with van der Waals surface area (Å²) < 4.78 is 5.59. The molecule has 1 heterocycles. The van der Waals surface area contributed by atoms with Gasteiger partial charge in [-0.3, -0.25) is 4.79 Å². The summed E-state index contributed by atoms with van der Waals surface area (Å²) in [5, 5.41) is 0. The molecule has 1 aromatic carbocycles. The molecule has 2 aromatic rings. The van der Waals surface area contributed by atoms with Crippen LogP contribution >= 0.6 is 0 Å². The molecule has 0 saturated heterocycles. The molecule has 18 heavy (non-hydrogen) atoms. The lowest BCUT2D eigenvalue weighted by Crippen LogP contribution is -2.09. The predicted molar refractivity (Wildman–Crippen MR) is 70.9 cm³/mol. The Labute approximate surface area is 106 Å². The van der Waals surface area contributed by atoms with Crippen LogP contribution in [0.4, 0.5) is 0 Å². The van der Waals surface area contributed by atoms with Crippen LogP contribution in [0, 0.1) is 13.8 Å². The number of benzene rings is 1. The molecule has 2 rings (SSSR count). The van der Waals surface area contributed by atoms with Gasteiger partial charge in [-0.25, -0.2) is 4.98 Å². The average Bonchev–Trinajstić information content (AvgIpc) is 2.34. The zero-order chi connectivity index (χ0) is 13.1. The molecule has 0 radical (unpaired) electrons. The zero-order valence-corrected chi connectivity index (χ0v) is 10.8. The summed E-state index contributed by atoms with van der Waals surface area (Å²) in [4.78, 5) is 18.3. The molecular formula is C14H16N2O2. The minimum absolute atomic E-state index is 0.132. The van der Waals surface area contributed by atoms with Gasteiger partial charge in [0.15, 0.2) is 0 Å². The number of hydrogen-bond acceptors (Lipinski definition) is 3. The molecule has 4 heteroatoms. The van der Waals surface area contributed by atoms with Crippen LogP contribution in [-0.4, -0.2) is 16.6 Å². The van der Waals surface area contributed by atoms with Crippen LogP contribution in [0.1, 0.15) is 18.1 Å². The Morgan fingerprint density at radius 2 is 1.94 bits per heavy atom. The maximum atomic E-state index is 11.7. The molecule has 1 aromatic heterocycles. The van der Waals surface area contributed by atoms with Gasteiger partial charge in [0.2, 0.25) is 0 Å². The summed E-state index contributed by atoms with van der Waals surface area (Å²) in [5.41, 5.74) is 3.35. The van der Waals surface area contributed by atoms with E-state index in [1.165, 1.54) is 6.33 Å². The third-order valence-electron chi connectivity index (χ3n) is 2.78. The minimum Gasteiger partial charge on any atom is -0.493 e. The molecule has 0 bridgehead atoms. The van der Waals surface area contributed by atoms with E-state index in [0.717, 1.165) is 22.4 Å². The molecule has 0 fully saturated rings. The first kappa shape index (κ1) is 12.4. The third-order valence-corrected chi connectivity index (χ3v) is 2.78. The molecule has 0 aliphatic rings. The molecular weight excluding hydrogens is 228 g/mol. The van der Waals surface area contributed by atoms with Crippen molar-refractivity contribution in [3.63, 3.8) is 0 Å². The number of aromatic nitrogens is 2. The Kier molecular flexibility index (Phi) is 3.46. The maximum Gasteiger partial charge on any atom is 0.258 e. The molecule has 0 unspecified atom stereocenters. The predicted octanol–water partition coefficient (Wildman–Crippen LogP) is 2.45. The number of H-pyrrole nitrogens is 1. The smallest absolute Gasteiger partial charge is 0.258 e. The van der Waals surface area contributed by atoms with Gasteiger partial charge in [-0.2, -0.15) is 0 Å². The van der Waals surface area contributed by atoms with Gasteiger partial charge in [0.25, 0.3) is 5.56 Å². The van der Waals surface area contributed by atoms with Crippen LogP contribution in [-0.2, 0) is 0 Å². The number of hydrogen-bond donors (Lipinski definition) is 1. The van der Waals surface area contributed by atoms with Crippen LogP contribution in [0.2, 0.25) is 0 Å². The number of ether oxygens (including phenoxy) is 1. The molecule has 0 saturated carbocycles. The van der Waals surface area contributed by atoms with Crippen LogP contribution in [0.25, 0.3) is 11.1 Å². The van der Waals surface area contributed by atoms with E-state index in [4.69, 9.17) is 4.74 Å². The Balaban J connectivity index is 2.55. The van der Waals surface area contributed by atoms with Crippen molar-refractivity contribution in [3.05, 3.63) is 46.1 Å². The van der Waals surface area contributed by atoms with Gasteiger partial charge in [0.1, 0.15) is 5.75 Å². The van der Waals surface area contributed by atoms with Crippen LogP contribution in [0.5, 0.6) is 5.75 Å². The van der Waals surface area contributed by atoms with Crippen LogP contribution in [0.15, 0.2) is 29.5 Å². The first-order valence-corrected chi connectivity index (χ1v) is 5.90. The number of rotatable bonds is 3. The van der Waals surface area contributed by atoms with Gasteiger partial charge >= 0.3 is 0 Å². The van der Waals surface area contributed by atoms with Crippen molar-refractivity contribution >= 4 is 0 Å². The van der Waals surface area contributed by atoms with Gasteiger partial charge in [-0.15, -0.1) is 0 Å². The van der Waals surface area contributed by atoms with E-state index >= 15 is 0 Å². The van der Waals surface area contributed by atoms with E-state index in [1.54, 1.807) is 6.20 Å². The van der Waals surface area contributed by atoms with Crippen molar-refractivity contribution in [2.75, 3.05) is 6.61 Å². The molecule has 94 valence electrons. The fourth-order valence-corrected chi connectivity index (χ4v) is 2.03. The van der Waals surface area contributed by atoms with E-state index < -0.39 is 0 Å². The highest BCUT2D eigenvalue weighted by Crippen LogP contribution is 2.28. The minimum atomic E-state index is -0.132. The van der Waals surface area contributed by atoms with Crippen LogP contribution in [0.3, 0.4) is 0 Å². The second-order valence-corrected chi connectivity index (χ2v) is 4.17. The topological polar surface area (TPSA) is 55.0 Å². The molecule has 0 spiro atoms. The average molecular weight is 244 g/mol. The Morgan fingerprint density at radius 1 is 1.28 bits per heavy atom. The highest BCUT2D eigenvalue weighted by molar-refractivity contribution is 5.65. The molecule has 0 amide bonds. The number of aromatic amines is 1. The fourth-order valence-electron chi connectivity index (χ4n) is 2.03. The highest BCUT2D eigenvalue weighted by atomic mass is 16.5. The molecule has 0 aliphatic heterocycles. The van der Waals surface area contributed by atoms with Gasteiger partial charge in [0, 0.05) is 6.20 Å².